The van der Waals surface area contributed by atoms with Crippen LogP contribution in [0.4, 0.5) is 0 Å². The molecule has 2 atom stereocenters. The second-order valence-corrected chi connectivity index (χ2v) is 6.08. The number of para-hydroxylation sites is 1. The molecule has 1 aliphatic heterocycles. The summed E-state index contributed by atoms with van der Waals surface area (Å²) in [7, 11) is 0. The molecule has 2 aromatic rings. The standard InChI is InChI=1S/C18H24N2O/c1-2-3-4-5-10-17-18-15(11-13(12-21)19-17)14-8-6-7-9-16(14)20-18/h6-9,12-13,17,19-20H,2-5,10-11H2,1H3/t13-,17+/m0/s1. The van der Waals surface area contributed by atoms with Crippen molar-refractivity contribution in [3.8, 4) is 0 Å². The monoisotopic (exact) mass is 284 g/mol. The van der Waals surface area contributed by atoms with Crippen LogP contribution in [-0.2, 0) is 11.2 Å². The van der Waals surface area contributed by atoms with E-state index in [2.05, 4.69) is 41.5 Å². The van der Waals surface area contributed by atoms with Crippen molar-refractivity contribution in [2.75, 3.05) is 0 Å². The molecule has 112 valence electrons. The molecule has 1 aromatic carbocycles. The van der Waals surface area contributed by atoms with E-state index in [-0.39, 0.29) is 12.1 Å². The van der Waals surface area contributed by atoms with E-state index in [9.17, 15) is 4.79 Å². The van der Waals surface area contributed by atoms with E-state index < -0.39 is 0 Å². The van der Waals surface area contributed by atoms with Crippen LogP contribution >= 0.6 is 0 Å². The Bertz CT molecular complexity index is 617. The van der Waals surface area contributed by atoms with Crippen LogP contribution in [0.25, 0.3) is 10.9 Å². The minimum absolute atomic E-state index is 0.0483. The Balaban J connectivity index is 1.86. The quantitative estimate of drug-likeness (QED) is 0.624. The zero-order valence-electron chi connectivity index (χ0n) is 12.7. The van der Waals surface area contributed by atoms with E-state index in [0.717, 1.165) is 19.1 Å². The first-order valence-corrected chi connectivity index (χ1v) is 8.14. The highest BCUT2D eigenvalue weighted by atomic mass is 16.1. The highest BCUT2D eigenvalue weighted by Gasteiger charge is 2.28. The maximum Gasteiger partial charge on any atom is 0.137 e. The van der Waals surface area contributed by atoms with Gasteiger partial charge in [0.1, 0.15) is 6.29 Å². The van der Waals surface area contributed by atoms with Crippen molar-refractivity contribution in [1.29, 1.82) is 0 Å². The van der Waals surface area contributed by atoms with E-state index in [1.54, 1.807) is 0 Å². The number of hydrogen-bond donors (Lipinski definition) is 2. The number of hydrogen-bond acceptors (Lipinski definition) is 2. The fourth-order valence-corrected chi connectivity index (χ4v) is 3.45. The molecule has 3 heteroatoms. The summed E-state index contributed by atoms with van der Waals surface area (Å²) in [4.78, 5) is 14.9. The molecule has 2 heterocycles. The first-order chi connectivity index (χ1) is 10.3. The lowest BCUT2D eigenvalue weighted by atomic mass is 9.92. The van der Waals surface area contributed by atoms with Crippen molar-refractivity contribution in [1.82, 2.24) is 10.3 Å². The zero-order valence-corrected chi connectivity index (χ0v) is 12.7. The molecule has 0 aliphatic carbocycles. The second-order valence-electron chi connectivity index (χ2n) is 6.08. The SMILES string of the molecule is CCCCCC[C@H]1N[C@H](C=O)Cc2c1[nH]c1ccccc21. The lowest BCUT2D eigenvalue weighted by Gasteiger charge is -2.28. The van der Waals surface area contributed by atoms with Gasteiger partial charge in [-0.2, -0.15) is 0 Å². The summed E-state index contributed by atoms with van der Waals surface area (Å²) in [5.41, 5.74) is 3.82. The van der Waals surface area contributed by atoms with Gasteiger partial charge in [-0.1, -0.05) is 50.8 Å². The van der Waals surface area contributed by atoms with Gasteiger partial charge < -0.3 is 9.78 Å². The average molecular weight is 284 g/mol. The number of aromatic nitrogens is 1. The third-order valence-corrected chi connectivity index (χ3v) is 4.55. The van der Waals surface area contributed by atoms with Crippen LogP contribution in [-0.4, -0.2) is 17.3 Å². The number of aromatic amines is 1. The molecular formula is C18H24N2O. The summed E-state index contributed by atoms with van der Waals surface area (Å²) >= 11 is 0. The van der Waals surface area contributed by atoms with Crippen LogP contribution in [0.1, 0.15) is 56.3 Å². The molecule has 0 amide bonds. The van der Waals surface area contributed by atoms with Crippen molar-refractivity contribution in [3.63, 3.8) is 0 Å². The van der Waals surface area contributed by atoms with Crippen molar-refractivity contribution in [2.24, 2.45) is 0 Å². The second kappa shape index (κ2) is 6.44. The van der Waals surface area contributed by atoms with Gasteiger partial charge in [0.05, 0.1) is 6.04 Å². The minimum Gasteiger partial charge on any atom is -0.357 e. The van der Waals surface area contributed by atoms with Gasteiger partial charge in [0.25, 0.3) is 0 Å². The number of carbonyl (C=O) groups is 1. The summed E-state index contributed by atoms with van der Waals surface area (Å²) in [6.07, 6.45) is 8.00. The summed E-state index contributed by atoms with van der Waals surface area (Å²) in [6.45, 7) is 2.23. The predicted octanol–water partition coefficient (Wildman–Crippen LogP) is 3.89. The number of fused-ring (bicyclic) bond motifs is 3. The van der Waals surface area contributed by atoms with E-state index in [1.807, 2.05) is 0 Å². The molecule has 0 unspecified atom stereocenters. The molecular weight excluding hydrogens is 260 g/mol. The third kappa shape index (κ3) is 2.88. The largest absolute Gasteiger partial charge is 0.357 e. The van der Waals surface area contributed by atoms with E-state index in [1.165, 1.54) is 47.8 Å². The normalized spacial score (nSPS) is 21.4. The molecule has 0 saturated carbocycles. The molecule has 3 rings (SSSR count). The van der Waals surface area contributed by atoms with Gasteiger partial charge in [0, 0.05) is 22.6 Å². The summed E-state index contributed by atoms with van der Waals surface area (Å²) in [5, 5.41) is 4.78. The molecule has 0 bridgehead atoms. The summed E-state index contributed by atoms with van der Waals surface area (Å²) < 4.78 is 0. The van der Waals surface area contributed by atoms with Crippen LogP contribution in [0.5, 0.6) is 0 Å². The Morgan fingerprint density at radius 3 is 2.90 bits per heavy atom. The zero-order chi connectivity index (χ0) is 14.7. The van der Waals surface area contributed by atoms with Crippen LogP contribution in [0, 0.1) is 0 Å². The number of carbonyl (C=O) groups excluding carboxylic acids is 1. The smallest absolute Gasteiger partial charge is 0.137 e. The van der Waals surface area contributed by atoms with Gasteiger partial charge in [0.2, 0.25) is 0 Å². The molecule has 3 nitrogen and oxygen atoms in total. The summed E-state index contributed by atoms with van der Waals surface area (Å²) in [5.74, 6) is 0. The number of rotatable bonds is 6. The number of H-pyrrole nitrogens is 1. The molecule has 21 heavy (non-hydrogen) atoms. The topological polar surface area (TPSA) is 44.9 Å². The Hall–Kier alpha value is -1.61. The van der Waals surface area contributed by atoms with Crippen molar-refractivity contribution in [2.45, 2.75) is 57.5 Å². The number of unbranched alkanes of at least 4 members (excludes halogenated alkanes) is 3. The Morgan fingerprint density at radius 1 is 1.24 bits per heavy atom. The van der Waals surface area contributed by atoms with Crippen molar-refractivity contribution in [3.05, 3.63) is 35.5 Å². The fourth-order valence-electron chi connectivity index (χ4n) is 3.45. The molecule has 0 fully saturated rings. The Labute approximate surface area is 126 Å². The van der Waals surface area contributed by atoms with Crippen LogP contribution in [0.2, 0.25) is 0 Å². The van der Waals surface area contributed by atoms with Crippen LogP contribution in [0.15, 0.2) is 24.3 Å². The highest BCUT2D eigenvalue weighted by molar-refractivity contribution is 5.85. The maximum absolute atomic E-state index is 11.3. The van der Waals surface area contributed by atoms with Gasteiger partial charge in [-0.3, -0.25) is 5.32 Å². The molecule has 0 spiro atoms. The first kappa shape index (κ1) is 14.3. The minimum atomic E-state index is -0.0483. The maximum atomic E-state index is 11.3. The van der Waals surface area contributed by atoms with Gasteiger partial charge in [-0.15, -0.1) is 0 Å². The molecule has 1 aromatic heterocycles. The number of nitrogens with one attached hydrogen (secondary N) is 2. The molecule has 2 N–H and O–H groups in total. The lowest BCUT2D eigenvalue weighted by molar-refractivity contribution is -0.109. The van der Waals surface area contributed by atoms with Gasteiger partial charge in [0.15, 0.2) is 0 Å². The highest BCUT2D eigenvalue weighted by Crippen LogP contribution is 2.33. The van der Waals surface area contributed by atoms with E-state index >= 15 is 0 Å². The van der Waals surface area contributed by atoms with Crippen molar-refractivity contribution >= 4 is 17.2 Å². The molecule has 0 radical (unpaired) electrons. The van der Waals surface area contributed by atoms with E-state index in [0.29, 0.717) is 0 Å². The van der Waals surface area contributed by atoms with E-state index in [4.69, 9.17) is 0 Å². The Morgan fingerprint density at radius 2 is 2.10 bits per heavy atom. The Kier molecular flexibility index (Phi) is 4.39. The average Bonchev–Trinajstić information content (AvgIpc) is 2.90. The van der Waals surface area contributed by atoms with Gasteiger partial charge >= 0.3 is 0 Å². The lowest BCUT2D eigenvalue weighted by Crippen LogP contribution is -2.40. The van der Waals surface area contributed by atoms with Crippen LogP contribution in [0.3, 0.4) is 0 Å². The summed E-state index contributed by atoms with van der Waals surface area (Å²) in [6, 6.07) is 8.65. The first-order valence-electron chi connectivity index (χ1n) is 8.14. The van der Waals surface area contributed by atoms with Gasteiger partial charge in [-0.25, -0.2) is 0 Å². The predicted molar refractivity (Wildman–Crippen MR) is 86.5 cm³/mol. The molecule has 0 saturated heterocycles. The number of benzene rings is 1. The number of aldehydes is 1. The fraction of sp³-hybridized carbons (Fsp3) is 0.500. The molecule has 1 aliphatic rings. The third-order valence-electron chi connectivity index (χ3n) is 4.55. The van der Waals surface area contributed by atoms with Crippen LogP contribution < -0.4 is 5.32 Å². The van der Waals surface area contributed by atoms with Crippen molar-refractivity contribution < 1.29 is 4.79 Å². The van der Waals surface area contributed by atoms with Gasteiger partial charge in [-0.05, 0) is 24.5 Å².